The number of anilines is 2. The lowest BCUT2D eigenvalue weighted by atomic mass is 10.1. The molecule has 0 radical (unpaired) electrons. The van der Waals surface area contributed by atoms with Gasteiger partial charge in [-0.15, -0.1) is 0 Å². The van der Waals surface area contributed by atoms with Crippen LogP contribution >= 0.6 is 12.2 Å². The Bertz CT molecular complexity index is 810. The first-order valence-electron chi connectivity index (χ1n) is 7.92. The summed E-state index contributed by atoms with van der Waals surface area (Å²) in [6, 6.07) is 13.6. The monoisotopic (exact) mass is 354 g/mol. The number of carbonyl (C=O) groups is 1. The van der Waals surface area contributed by atoms with Crippen molar-refractivity contribution in [3.63, 3.8) is 0 Å². The molecule has 0 fully saturated rings. The number of rotatable bonds is 4. The first-order valence-corrected chi connectivity index (χ1v) is 8.33. The van der Waals surface area contributed by atoms with Crippen LogP contribution in [0.25, 0.3) is 0 Å². The average molecular weight is 354 g/mol. The van der Waals surface area contributed by atoms with Crippen molar-refractivity contribution >= 4 is 40.3 Å². The molecule has 0 atom stereocenters. The Hall–Kier alpha value is -2.73. The highest BCUT2D eigenvalue weighted by Gasteiger charge is 2.05. The molecule has 0 aliphatic carbocycles. The highest BCUT2D eigenvalue weighted by molar-refractivity contribution is 7.80. The lowest BCUT2D eigenvalue weighted by Crippen LogP contribution is -2.25. The summed E-state index contributed by atoms with van der Waals surface area (Å²) in [5.74, 6) is -0.108. The summed E-state index contributed by atoms with van der Waals surface area (Å²) in [4.78, 5) is 11.2. The fourth-order valence-corrected chi connectivity index (χ4v) is 2.53. The van der Waals surface area contributed by atoms with Crippen molar-refractivity contribution in [2.24, 2.45) is 5.10 Å². The number of amides is 1. The Labute approximate surface area is 153 Å². The van der Waals surface area contributed by atoms with Gasteiger partial charge in [-0.3, -0.25) is 10.2 Å². The predicted molar refractivity (Wildman–Crippen MR) is 108 cm³/mol. The third-order valence-corrected chi connectivity index (χ3v) is 3.84. The molecule has 3 N–H and O–H groups in total. The minimum Gasteiger partial charge on any atom is -0.331 e. The zero-order valence-electron chi connectivity index (χ0n) is 14.8. The van der Waals surface area contributed by atoms with Crippen molar-refractivity contribution in [3.05, 3.63) is 59.2 Å². The van der Waals surface area contributed by atoms with E-state index >= 15 is 0 Å². The van der Waals surface area contributed by atoms with Gasteiger partial charge >= 0.3 is 0 Å². The quantitative estimate of drug-likeness (QED) is 0.441. The fraction of sp³-hybridized carbons (Fsp3) is 0.211. The summed E-state index contributed by atoms with van der Waals surface area (Å²) in [6.07, 6.45) is 0. The van der Waals surface area contributed by atoms with E-state index in [1.165, 1.54) is 6.92 Å². The van der Waals surface area contributed by atoms with Crippen molar-refractivity contribution < 1.29 is 4.79 Å². The van der Waals surface area contributed by atoms with Gasteiger partial charge in [-0.05, 0) is 61.8 Å². The van der Waals surface area contributed by atoms with Crippen molar-refractivity contribution in [2.45, 2.75) is 27.7 Å². The van der Waals surface area contributed by atoms with Gasteiger partial charge in [0.15, 0.2) is 5.11 Å². The zero-order valence-corrected chi connectivity index (χ0v) is 15.6. The van der Waals surface area contributed by atoms with Gasteiger partial charge in [0.25, 0.3) is 0 Å². The van der Waals surface area contributed by atoms with Crippen molar-refractivity contribution in [1.82, 2.24) is 5.43 Å². The van der Waals surface area contributed by atoms with Crippen LogP contribution in [0.5, 0.6) is 0 Å². The van der Waals surface area contributed by atoms with Crippen LogP contribution in [-0.2, 0) is 4.79 Å². The third kappa shape index (κ3) is 5.39. The summed E-state index contributed by atoms with van der Waals surface area (Å²) in [7, 11) is 0. The Morgan fingerprint density at radius 1 is 1.00 bits per heavy atom. The van der Waals surface area contributed by atoms with Crippen LogP contribution in [0, 0.1) is 13.8 Å². The smallest absolute Gasteiger partial charge is 0.221 e. The van der Waals surface area contributed by atoms with Crippen LogP contribution in [0.4, 0.5) is 11.4 Å². The molecule has 0 spiro atoms. The maximum atomic E-state index is 11.2. The highest BCUT2D eigenvalue weighted by Crippen LogP contribution is 2.19. The molecule has 0 aromatic heterocycles. The number of aryl methyl sites for hydroxylation is 2. The maximum absolute atomic E-state index is 11.2. The first-order chi connectivity index (χ1) is 11.9. The molecule has 1 amide bonds. The largest absolute Gasteiger partial charge is 0.331 e. The molecule has 0 saturated heterocycles. The molecule has 0 unspecified atom stereocenters. The number of nitrogens with zero attached hydrogens (tertiary/aromatic N) is 1. The molecule has 5 nitrogen and oxygen atoms in total. The number of hydrogen-bond donors (Lipinski definition) is 3. The molecule has 0 bridgehead atoms. The third-order valence-electron chi connectivity index (χ3n) is 3.65. The zero-order chi connectivity index (χ0) is 18.4. The second kappa shape index (κ2) is 8.39. The van der Waals surface area contributed by atoms with Gasteiger partial charge in [-0.25, -0.2) is 0 Å². The van der Waals surface area contributed by atoms with E-state index in [2.05, 4.69) is 21.2 Å². The molecule has 6 heteroatoms. The molecule has 0 aliphatic heterocycles. The Morgan fingerprint density at radius 2 is 1.64 bits per heavy atom. The van der Waals surface area contributed by atoms with Gasteiger partial charge in [0, 0.05) is 18.3 Å². The van der Waals surface area contributed by atoms with Crippen LogP contribution in [0.3, 0.4) is 0 Å². The van der Waals surface area contributed by atoms with Crippen molar-refractivity contribution in [3.8, 4) is 0 Å². The van der Waals surface area contributed by atoms with Gasteiger partial charge in [0.1, 0.15) is 0 Å². The lowest BCUT2D eigenvalue weighted by Gasteiger charge is -2.13. The molecule has 2 rings (SSSR count). The molecule has 0 saturated carbocycles. The van der Waals surface area contributed by atoms with E-state index in [-0.39, 0.29) is 5.91 Å². The summed E-state index contributed by atoms with van der Waals surface area (Å²) in [5.41, 5.74) is 8.48. The number of para-hydroxylation sites is 1. The Kier molecular flexibility index (Phi) is 6.25. The van der Waals surface area contributed by atoms with Gasteiger partial charge in [-0.1, -0.05) is 30.3 Å². The molecule has 0 heterocycles. The van der Waals surface area contributed by atoms with Gasteiger partial charge in [-0.2, -0.15) is 5.10 Å². The number of benzene rings is 2. The van der Waals surface area contributed by atoms with Gasteiger partial charge in [0.05, 0.1) is 5.71 Å². The second-order valence-corrected chi connectivity index (χ2v) is 6.20. The molecule has 130 valence electrons. The number of thiocarbonyl (C=S) groups is 1. The summed E-state index contributed by atoms with van der Waals surface area (Å²) in [5, 5.41) is 10.7. The fourth-order valence-electron chi connectivity index (χ4n) is 2.38. The SMILES string of the molecule is CC(=O)Nc1cccc(/C(C)=N\NC(=S)Nc2c(C)cccc2C)c1. The minimum atomic E-state index is -0.108. The van der Waals surface area contributed by atoms with Gasteiger partial charge < -0.3 is 10.6 Å². The number of nitrogens with one attached hydrogen (secondary N) is 3. The summed E-state index contributed by atoms with van der Waals surface area (Å²) < 4.78 is 0. The number of hydrazone groups is 1. The van der Waals surface area contributed by atoms with Crippen LogP contribution < -0.4 is 16.1 Å². The molecular weight excluding hydrogens is 332 g/mol. The molecular formula is C19H22N4OS. The van der Waals surface area contributed by atoms with Gasteiger partial charge in [0.2, 0.25) is 5.91 Å². The lowest BCUT2D eigenvalue weighted by molar-refractivity contribution is -0.114. The second-order valence-electron chi connectivity index (χ2n) is 5.79. The highest BCUT2D eigenvalue weighted by atomic mass is 32.1. The molecule has 2 aromatic carbocycles. The summed E-state index contributed by atoms with van der Waals surface area (Å²) in [6.45, 7) is 7.41. The van der Waals surface area contributed by atoms with E-state index < -0.39 is 0 Å². The minimum absolute atomic E-state index is 0.108. The van der Waals surface area contributed by atoms with E-state index in [1.54, 1.807) is 0 Å². The molecule has 2 aromatic rings. The topological polar surface area (TPSA) is 65.5 Å². The van der Waals surface area contributed by atoms with E-state index in [9.17, 15) is 4.79 Å². The number of carbonyl (C=O) groups excluding carboxylic acids is 1. The van der Waals surface area contributed by atoms with Crippen molar-refractivity contribution in [1.29, 1.82) is 0 Å². The van der Waals surface area contributed by atoms with Crippen LogP contribution in [0.15, 0.2) is 47.6 Å². The van der Waals surface area contributed by atoms with Crippen molar-refractivity contribution in [2.75, 3.05) is 10.6 Å². The maximum Gasteiger partial charge on any atom is 0.221 e. The number of hydrogen-bond acceptors (Lipinski definition) is 3. The van der Waals surface area contributed by atoms with E-state index in [1.807, 2.05) is 63.2 Å². The van der Waals surface area contributed by atoms with Crippen LogP contribution in [-0.4, -0.2) is 16.7 Å². The van der Waals surface area contributed by atoms with Crippen LogP contribution in [0.2, 0.25) is 0 Å². The standard InChI is InChI=1S/C19H22N4OS/c1-12-7-5-8-13(2)18(12)21-19(25)23-22-14(3)16-9-6-10-17(11-16)20-15(4)24/h5-11H,1-4H3,(H,20,24)(H2,21,23,25)/b22-14-. The van der Waals surface area contributed by atoms with E-state index in [0.29, 0.717) is 5.11 Å². The molecule has 0 aliphatic rings. The summed E-state index contributed by atoms with van der Waals surface area (Å²) >= 11 is 5.32. The average Bonchev–Trinajstić information content (AvgIpc) is 2.56. The van der Waals surface area contributed by atoms with Crippen LogP contribution in [0.1, 0.15) is 30.5 Å². The Balaban J connectivity index is 2.05. The van der Waals surface area contributed by atoms with E-state index in [4.69, 9.17) is 12.2 Å². The predicted octanol–water partition coefficient (Wildman–Crippen LogP) is 3.97. The van der Waals surface area contributed by atoms with E-state index in [0.717, 1.165) is 33.8 Å². The molecule has 25 heavy (non-hydrogen) atoms. The Morgan fingerprint density at radius 3 is 2.28 bits per heavy atom. The first kappa shape index (κ1) is 18.6. The normalized spacial score (nSPS) is 11.0.